The molecule has 4 aliphatic rings. The van der Waals surface area contributed by atoms with Crippen LogP contribution in [-0.2, 0) is 25.8 Å². The maximum Gasteiger partial charge on any atom is 0.233 e. The van der Waals surface area contributed by atoms with Crippen molar-refractivity contribution in [3.63, 3.8) is 0 Å². The van der Waals surface area contributed by atoms with E-state index in [2.05, 4.69) is 0 Å². The van der Waals surface area contributed by atoms with E-state index in [9.17, 15) is 24.3 Å². The Labute approximate surface area is 172 Å². The molecule has 3 aliphatic carbocycles. The van der Waals surface area contributed by atoms with Gasteiger partial charge in [0.25, 0.3) is 0 Å². The van der Waals surface area contributed by atoms with Crippen LogP contribution in [0, 0.1) is 17.8 Å². The lowest BCUT2D eigenvalue weighted by Gasteiger charge is -2.41. The van der Waals surface area contributed by atoms with Gasteiger partial charge in [-0.3, -0.25) is 24.1 Å². The normalized spacial score (nSPS) is 30.8. The lowest BCUT2D eigenvalue weighted by Crippen LogP contribution is -2.39. The van der Waals surface area contributed by atoms with Gasteiger partial charge < -0.3 is 9.52 Å². The van der Waals surface area contributed by atoms with Crippen LogP contribution < -0.4 is 0 Å². The summed E-state index contributed by atoms with van der Waals surface area (Å²) in [5.41, 5.74) is 2.01. The molecule has 1 aromatic heterocycles. The predicted octanol–water partition coefficient (Wildman–Crippen LogP) is 1.83. The van der Waals surface area contributed by atoms with E-state index in [4.69, 9.17) is 4.42 Å². The number of likely N-dealkylation sites (tertiary alicyclic amines) is 1. The Balaban J connectivity index is 1.70. The molecule has 1 fully saturated rings. The number of fused-ring (bicyclic) bond motifs is 3. The minimum Gasteiger partial charge on any atom is -0.463 e. The van der Waals surface area contributed by atoms with Gasteiger partial charge in [-0.1, -0.05) is 11.6 Å². The molecule has 2 heterocycles. The maximum absolute atomic E-state index is 13.0. The van der Waals surface area contributed by atoms with Gasteiger partial charge in [0, 0.05) is 23.8 Å². The molecule has 5 rings (SSSR count). The molecule has 2 amide bonds. The van der Waals surface area contributed by atoms with Crippen molar-refractivity contribution >= 4 is 23.4 Å². The number of hydrogen-bond donors (Lipinski definition) is 1. The molecule has 0 aromatic carbocycles. The fourth-order valence-corrected chi connectivity index (χ4v) is 5.50. The Hall–Kier alpha value is -3.06. The third-order valence-corrected chi connectivity index (χ3v) is 6.91. The van der Waals surface area contributed by atoms with Crippen LogP contribution in [0.3, 0.4) is 0 Å². The number of aliphatic hydroxyl groups is 1. The summed E-state index contributed by atoms with van der Waals surface area (Å²) in [7, 11) is 1.50. The molecule has 0 bridgehead atoms. The topological polar surface area (TPSA) is 105 Å². The number of allylic oxidation sites excluding steroid dienone is 6. The Bertz CT molecular complexity index is 1120. The van der Waals surface area contributed by atoms with Crippen LogP contribution in [0.5, 0.6) is 0 Å². The van der Waals surface area contributed by atoms with Crippen molar-refractivity contribution in [2.24, 2.45) is 17.8 Å². The number of amides is 2. The Morgan fingerprint density at radius 1 is 1.13 bits per heavy atom. The Morgan fingerprint density at radius 3 is 2.60 bits per heavy atom. The van der Waals surface area contributed by atoms with Crippen molar-refractivity contribution < 1.29 is 28.7 Å². The van der Waals surface area contributed by atoms with Gasteiger partial charge in [-0.2, -0.15) is 0 Å². The van der Waals surface area contributed by atoms with E-state index in [1.54, 1.807) is 19.1 Å². The van der Waals surface area contributed by atoms with Gasteiger partial charge in [-0.25, -0.2) is 0 Å². The van der Waals surface area contributed by atoms with E-state index in [1.807, 2.05) is 6.08 Å². The SMILES string of the molecule is CC1=CC(=O)C2=C(C[C@@H]3C(=CC[C@@H]4C(=O)N(C)C(=O)[C@@H]43)[C@@H]2c2ccc(CO)o2)C1=O. The highest BCUT2D eigenvalue weighted by Gasteiger charge is 2.55. The quantitative estimate of drug-likeness (QED) is 0.456. The number of carbonyl (C=O) groups is 4. The van der Waals surface area contributed by atoms with Gasteiger partial charge in [-0.05, 0) is 43.9 Å². The molecule has 0 spiro atoms. The monoisotopic (exact) mass is 407 g/mol. The highest BCUT2D eigenvalue weighted by atomic mass is 16.4. The first-order valence-electron chi connectivity index (χ1n) is 10.0. The van der Waals surface area contributed by atoms with Crippen LogP contribution in [0.1, 0.15) is 37.2 Å². The zero-order chi connectivity index (χ0) is 21.3. The molecule has 0 radical (unpaired) electrons. The largest absolute Gasteiger partial charge is 0.463 e. The summed E-state index contributed by atoms with van der Waals surface area (Å²) in [6.45, 7) is 1.33. The Morgan fingerprint density at radius 2 is 1.90 bits per heavy atom. The number of hydrogen-bond acceptors (Lipinski definition) is 6. The van der Waals surface area contributed by atoms with Crippen molar-refractivity contribution in [1.29, 1.82) is 0 Å². The lowest BCUT2D eigenvalue weighted by molar-refractivity contribution is -0.138. The summed E-state index contributed by atoms with van der Waals surface area (Å²) < 4.78 is 5.79. The van der Waals surface area contributed by atoms with Crippen molar-refractivity contribution in [1.82, 2.24) is 4.90 Å². The summed E-state index contributed by atoms with van der Waals surface area (Å²) >= 11 is 0. The number of carbonyl (C=O) groups excluding carboxylic acids is 4. The lowest BCUT2D eigenvalue weighted by atomic mass is 9.60. The number of nitrogens with zero attached hydrogens (tertiary/aromatic N) is 1. The van der Waals surface area contributed by atoms with Crippen molar-refractivity contribution in [3.8, 4) is 0 Å². The van der Waals surface area contributed by atoms with E-state index >= 15 is 0 Å². The zero-order valence-corrected chi connectivity index (χ0v) is 16.7. The number of aliphatic hydroxyl groups excluding tert-OH is 1. The molecule has 7 nitrogen and oxygen atoms in total. The van der Waals surface area contributed by atoms with E-state index in [0.29, 0.717) is 34.7 Å². The number of furan rings is 1. The minimum atomic E-state index is -0.602. The summed E-state index contributed by atoms with van der Waals surface area (Å²) in [6, 6.07) is 3.34. The molecule has 1 N–H and O–H groups in total. The highest BCUT2D eigenvalue weighted by Crippen LogP contribution is 2.54. The summed E-state index contributed by atoms with van der Waals surface area (Å²) in [5.74, 6) is -1.97. The zero-order valence-electron chi connectivity index (χ0n) is 16.7. The molecule has 30 heavy (non-hydrogen) atoms. The fraction of sp³-hybridized carbons (Fsp3) is 0.391. The van der Waals surface area contributed by atoms with E-state index in [0.717, 1.165) is 5.57 Å². The van der Waals surface area contributed by atoms with Gasteiger partial charge >= 0.3 is 0 Å². The van der Waals surface area contributed by atoms with Gasteiger partial charge in [0.15, 0.2) is 11.6 Å². The third-order valence-electron chi connectivity index (χ3n) is 6.91. The second kappa shape index (κ2) is 6.47. The van der Waals surface area contributed by atoms with Crippen LogP contribution >= 0.6 is 0 Å². The molecule has 4 atom stereocenters. The first kappa shape index (κ1) is 18.9. The molecular weight excluding hydrogens is 386 g/mol. The van der Waals surface area contributed by atoms with E-state index < -0.39 is 17.8 Å². The average molecular weight is 407 g/mol. The van der Waals surface area contributed by atoms with Gasteiger partial charge in [0.1, 0.15) is 18.1 Å². The molecule has 0 saturated carbocycles. The van der Waals surface area contributed by atoms with Crippen LogP contribution in [0.4, 0.5) is 0 Å². The van der Waals surface area contributed by atoms with Crippen LogP contribution in [0.15, 0.2) is 51.0 Å². The van der Waals surface area contributed by atoms with Crippen molar-refractivity contribution in [2.45, 2.75) is 32.3 Å². The minimum absolute atomic E-state index is 0.195. The van der Waals surface area contributed by atoms with Crippen molar-refractivity contribution in [2.75, 3.05) is 7.05 Å². The second-order valence-electron chi connectivity index (χ2n) is 8.43. The number of Topliss-reactive ketones (excluding diaryl/α,β-unsaturated/α-hetero) is 1. The molecule has 1 aliphatic heterocycles. The first-order chi connectivity index (χ1) is 14.3. The molecule has 0 unspecified atom stereocenters. The molecule has 154 valence electrons. The first-order valence-corrected chi connectivity index (χ1v) is 10.0. The summed E-state index contributed by atoms with van der Waals surface area (Å²) in [5, 5.41) is 9.42. The Kier molecular flexibility index (Phi) is 4.08. The standard InChI is InChI=1S/C23H21NO6/c1-10-7-16(26)19-15(21(10)27)8-14-12(20(19)17-6-3-11(9-25)30-17)4-5-13-18(14)23(29)24(2)22(13)28/h3-4,6-7,13-14,18,20,25H,5,8-9H2,1-2H3/t13-,14+,18-,20+/m0/s1. The molecular formula is C23H21NO6. The van der Waals surface area contributed by atoms with E-state index in [-0.39, 0.29) is 42.3 Å². The van der Waals surface area contributed by atoms with Gasteiger partial charge in [0.2, 0.25) is 11.8 Å². The highest BCUT2D eigenvalue weighted by molar-refractivity contribution is 6.23. The predicted molar refractivity (Wildman–Crippen MR) is 104 cm³/mol. The van der Waals surface area contributed by atoms with Gasteiger partial charge in [0.05, 0.1) is 17.8 Å². The molecule has 7 heteroatoms. The number of ketones is 2. The second-order valence-corrected chi connectivity index (χ2v) is 8.43. The van der Waals surface area contributed by atoms with Crippen LogP contribution in [0.25, 0.3) is 0 Å². The summed E-state index contributed by atoms with van der Waals surface area (Å²) in [6.07, 6.45) is 3.97. The smallest absolute Gasteiger partial charge is 0.233 e. The summed E-state index contributed by atoms with van der Waals surface area (Å²) in [4.78, 5) is 52.6. The molecule has 1 saturated heterocycles. The number of imide groups is 1. The van der Waals surface area contributed by atoms with Crippen LogP contribution in [-0.4, -0.2) is 40.4 Å². The number of rotatable bonds is 2. The third kappa shape index (κ3) is 2.41. The maximum atomic E-state index is 13.0. The van der Waals surface area contributed by atoms with Crippen LogP contribution in [0.2, 0.25) is 0 Å². The van der Waals surface area contributed by atoms with Gasteiger partial charge in [-0.15, -0.1) is 0 Å². The fourth-order valence-electron chi connectivity index (χ4n) is 5.50. The molecule has 1 aromatic rings. The van der Waals surface area contributed by atoms with E-state index in [1.165, 1.54) is 18.0 Å². The average Bonchev–Trinajstić information content (AvgIpc) is 3.30. The van der Waals surface area contributed by atoms with Crippen molar-refractivity contribution in [3.05, 3.63) is 58.1 Å².